The van der Waals surface area contributed by atoms with Crippen molar-refractivity contribution >= 4 is 17.8 Å². The van der Waals surface area contributed by atoms with Gasteiger partial charge >= 0.3 is 5.97 Å². The zero-order valence-corrected chi connectivity index (χ0v) is 13.8. The zero-order valence-electron chi connectivity index (χ0n) is 13.8. The highest BCUT2D eigenvalue weighted by molar-refractivity contribution is 5.88. The van der Waals surface area contributed by atoms with Crippen molar-refractivity contribution in [3.8, 4) is 0 Å². The van der Waals surface area contributed by atoms with E-state index in [0.29, 0.717) is 0 Å². The van der Waals surface area contributed by atoms with Gasteiger partial charge in [-0.3, -0.25) is 14.4 Å². The molecule has 0 saturated heterocycles. The predicted molar refractivity (Wildman–Crippen MR) is 89.1 cm³/mol. The number of carboxylic acids is 1. The zero-order chi connectivity index (χ0) is 17.5. The van der Waals surface area contributed by atoms with E-state index in [-0.39, 0.29) is 24.2 Å². The van der Waals surface area contributed by atoms with Crippen LogP contribution in [-0.4, -0.2) is 28.9 Å². The number of carbonyl (C=O) groups is 3. The van der Waals surface area contributed by atoms with Gasteiger partial charge in [0, 0.05) is 5.92 Å². The van der Waals surface area contributed by atoms with Gasteiger partial charge in [-0.2, -0.15) is 0 Å². The molecule has 1 aliphatic rings. The summed E-state index contributed by atoms with van der Waals surface area (Å²) in [6.45, 7) is 1.62. The van der Waals surface area contributed by atoms with Crippen molar-refractivity contribution in [3.05, 3.63) is 35.9 Å². The Labute approximate surface area is 141 Å². The number of nitrogens with one attached hydrogen (secondary N) is 2. The predicted octanol–water partition coefficient (Wildman–Crippen LogP) is 2.01. The van der Waals surface area contributed by atoms with Crippen LogP contribution in [0.3, 0.4) is 0 Å². The maximum Gasteiger partial charge on any atom is 0.305 e. The van der Waals surface area contributed by atoms with Crippen LogP contribution in [0.5, 0.6) is 0 Å². The second-order valence-electron chi connectivity index (χ2n) is 6.28. The molecule has 0 heterocycles. The molecule has 1 aliphatic carbocycles. The van der Waals surface area contributed by atoms with Crippen LogP contribution in [0.15, 0.2) is 30.3 Å². The molecule has 0 aromatic heterocycles. The van der Waals surface area contributed by atoms with Gasteiger partial charge in [-0.1, -0.05) is 43.2 Å². The Kier molecular flexibility index (Phi) is 6.35. The second kappa shape index (κ2) is 8.47. The molecule has 2 rings (SSSR count). The fourth-order valence-electron chi connectivity index (χ4n) is 2.99. The first-order valence-corrected chi connectivity index (χ1v) is 8.35. The molecule has 2 amide bonds. The summed E-state index contributed by atoms with van der Waals surface area (Å²) in [7, 11) is 0. The Morgan fingerprint density at radius 1 is 1.12 bits per heavy atom. The van der Waals surface area contributed by atoms with Crippen molar-refractivity contribution in [1.29, 1.82) is 0 Å². The number of benzene rings is 1. The van der Waals surface area contributed by atoms with Crippen LogP contribution in [0.25, 0.3) is 0 Å². The summed E-state index contributed by atoms with van der Waals surface area (Å²) in [5, 5.41) is 14.5. The first-order chi connectivity index (χ1) is 11.5. The van der Waals surface area contributed by atoms with Gasteiger partial charge in [-0.15, -0.1) is 0 Å². The van der Waals surface area contributed by atoms with E-state index in [9.17, 15) is 14.4 Å². The van der Waals surface area contributed by atoms with Crippen LogP contribution in [0.1, 0.15) is 50.6 Å². The van der Waals surface area contributed by atoms with Gasteiger partial charge in [-0.25, -0.2) is 0 Å². The highest BCUT2D eigenvalue weighted by Gasteiger charge is 2.27. The molecule has 0 bridgehead atoms. The van der Waals surface area contributed by atoms with Crippen LogP contribution >= 0.6 is 0 Å². The minimum atomic E-state index is -0.994. The first-order valence-electron chi connectivity index (χ1n) is 8.35. The third kappa shape index (κ3) is 5.08. The highest BCUT2D eigenvalue weighted by atomic mass is 16.4. The van der Waals surface area contributed by atoms with Gasteiger partial charge in [0.05, 0.1) is 12.5 Å². The Balaban J connectivity index is 1.95. The lowest BCUT2D eigenvalue weighted by Crippen LogP contribution is -2.47. The average Bonchev–Trinajstić information content (AvgIpc) is 3.09. The SMILES string of the molecule is CC(NC(=O)C1CCCC1)C(=O)NC(CC(=O)O)c1ccccc1. The van der Waals surface area contributed by atoms with Crippen molar-refractivity contribution in [2.75, 3.05) is 0 Å². The normalized spacial score (nSPS) is 17.0. The summed E-state index contributed by atoms with van der Waals surface area (Å²) >= 11 is 0. The molecule has 2 unspecified atom stereocenters. The van der Waals surface area contributed by atoms with Crippen LogP contribution in [0, 0.1) is 5.92 Å². The molecule has 1 saturated carbocycles. The largest absolute Gasteiger partial charge is 0.481 e. The molecule has 130 valence electrons. The van der Waals surface area contributed by atoms with Crippen LogP contribution in [-0.2, 0) is 14.4 Å². The summed E-state index contributed by atoms with van der Waals surface area (Å²) in [5.74, 6) is -1.47. The maximum absolute atomic E-state index is 12.3. The molecule has 0 spiro atoms. The third-order valence-corrected chi connectivity index (χ3v) is 4.38. The number of hydrogen-bond donors (Lipinski definition) is 3. The van der Waals surface area contributed by atoms with Crippen LogP contribution in [0.2, 0.25) is 0 Å². The lowest BCUT2D eigenvalue weighted by atomic mass is 10.0. The van der Waals surface area contributed by atoms with Crippen molar-refractivity contribution in [1.82, 2.24) is 10.6 Å². The van der Waals surface area contributed by atoms with Crippen LogP contribution < -0.4 is 10.6 Å². The van der Waals surface area contributed by atoms with Gasteiger partial charge in [0.2, 0.25) is 11.8 Å². The second-order valence-corrected chi connectivity index (χ2v) is 6.28. The van der Waals surface area contributed by atoms with E-state index >= 15 is 0 Å². The number of carboxylic acid groups (broad SMARTS) is 1. The Bertz CT molecular complexity index is 582. The van der Waals surface area contributed by atoms with E-state index < -0.39 is 18.1 Å². The minimum absolute atomic E-state index is 0.0100. The molecular weight excluding hydrogens is 308 g/mol. The quantitative estimate of drug-likeness (QED) is 0.712. The number of aliphatic carboxylic acids is 1. The Morgan fingerprint density at radius 3 is 2.33 bits per heavy atom. The fourth-order valence-corrected chi connectivity index (χ4v) is 2.99. The minimum Gasteiger partial charge on any atom is -0.481 e. The summed E-state index contributed by atoms with van der Waals surface area (Å²) in [6, 6.07) is 7.64. The molecule has 6 nitrogen and oxygen atoms in total. The lowest BCUT2D eigenvalue weighted by molar-refractivity contribution is -0.138. The lowest BCUT2D eigenvalue weighted by Gasteiger charge is -2.21. The molecule has 1 aromatic rings. The molecule has 6 heteroatoms. The molecule has 2 atom stereocenters. The summed E-state index contributed by atoms with van der Waals surface area (Å²) in [5.41, 5.74) is 0.725. The monoisotopic (exact) mass is 332 g/mol. The molecule has 1 fully saturated rings. The standard InChI is InChI=1S/C18H24N2O4/c1-12(19-18(24)14-9-5-6-10-14)17(23)20-15(11-16(21)22)13-7-3-2-4-8-13/h2-4,7-8,12,14-15H,5-6,9-11H2,1H3,(H,19,24)(H,20,23)(H,21,22). The van der Waals surface area contributed by atoms with Gasteiger partial charge in [-0.05, 0) is 25.3 Å². The summed E-state index contributed by atoms with van der Waals surface area (Å²) in [6.07, 6.45) is 3.62. The first kappa shape index (κ1) is 18.0. The average molecular weight is 332 g/mol. The molecule has 24 heavy (non-hydrogen) atoms. The highest BCUT2D eigenvalue weighted by Crippen LogP contribution is 2.24. The van der Waals surface area contributed by atoms with Gasteiger partial charge in [0.15, 0.2) is 0 Å². The molecule has 0 aliphatic heterocycles. The van der Waals surface area contributed by atoms with Crippen molar-refractivity contribution in [2.24, 2.45) is 5.92 Å². The Morgan fingerprint density at radius 2 is 1.75 bits per heavy atom. The van der Waals surface area contributed by atoms with E-state index in [4.69, 9.17) is 5.11 Å². The number of hydrogen-bond acceptors (Lipinski definition) is 3. The topological polar surface area (TPSA) is 95.5 Å². The van der Waals surface area contributed by atoms with E-state index in [1.165, 1.54) is 0 Å². The van der Waals surface area contributed by atoms with E-state index in [1.54, 1.807) is 31.2 Å². The van der Waals surface area contributed by atoms with Crippen molar-refractivity contribution in [3.63, 3.8) is 0 Å². The van der Waals surface area contributed by atoms with Gasteiger partial charge < -0.3 is 15.7 Å². The fraction of sp³-hybridized carbons (Fsp3) is 0.500. The smallest absolute Gasteiger partial charge is 0.305 e. The number of rotatable bonds is 7. The van der Waals surface area contributed by atoms with E-state index in [0.717, 1.165) is 31.2 Å². The van der Waals surface area contributed by atoms with Crippen LogP contribution in [0.4, 0.5) is 0 Å². The van der Waals surface area contributed by atoms with E-state index in [1.807, 2.05) is 6.07 Å². The molecule has 3 N–H and O–H groups in total. The maximum atomic E-state index is 12.3. The van der Waals surface area contributed by atoms with Gasteiger partial charge in [0.1, 0.15) is 6.04 Å². The molecule has 0 radical (unpaired) electrons. The third-order valence-electron chi connectivity index (χ3n) is 4.38. The summed E-state index contributed by atoms with van der Waals surface area (Å²) in [4.78, 5) is 35.5. The molecular formula is C18H24N2O4. The van der Waals surface area contributed by atoms with Crippen molar-refractivity contribution < 1.29 is 19.5 Å². The van der Waals surface area contributed by atoms with E-state index in [2.05, 4.69) is 10.6 Å². The number of amides is 2. The molecule has 1 aromatic carbocycles. The van der Waals surface area contributed by atoms with Gasteiger partial charge in [0.25, 0.3) is 0 Å². The summed E-state index contributed by atoms with van der Waals surface area (Å²) < 4.78 is 0. The number of carbonyl (C=O) groups excluding carboxylic acids is 2. The Hall–Kier alpha value is -2.37. The van der Waals surface area contributed by atoms with Crippen molar-refractivity contribution in [2.45, 2.75) is 51.1 Å².